The van der Waals surface area contributed by atoms with Crippen molar-refractivity contribution in [2.45, 2.75) is 20.4 Å². The summed E-state index contributed by atoms with van der Waals surface area (Å²) in [5.74, 6) is -0.263. The largest absolute Gasteiger partial charge is 0.395 e. The SMILES string of the molecule is Cc1ccc(C)c2[nH]c(=O)c(CN(CCO)C(=O)c3ccc(Cl)cc3)cc12. The highest BCUT2D eigenvalue weighted by Crippen LogP contribution is 2.20. The van der Waals surface area contributed by atoms with Crippen LogP contribution in [0.2, 0.25) is 5.02 Å². The van der Waals surface area contributed by atoms with Crippen LogP contribution in [0.3, 0.4) is 0 Å². The second-order valence-electron chi connectivity index (χ2n) is 6.57. The number of H-pyrrole nitrogens is 1. The lowest BCUT2D eigenvalue weighted by molar-refractivity contribution is 0.0707. The fourth-order valence-corrected chi connectivity index (χ4v) is 3.22. The van der Waals surface area contributed by atoms with E-state index in [4.69, 9.17) is 11.6 Å². The Morgan fingerprint density at radius 3 is 2.44 bits per heavy atom. The Hall–Kier alpha value is -2.63. The van der Waals surface area contributed by atoms with Crippen LogP contribution in [0.25, 0.3) is 10.9 Å². The fraction of sp³-hybridized carbons (Fsp3) is 0.238. The van der Waals surface area contributed by atoms with Crippen molar-refractivity contribution in [3.05, 3.63) is 80.1 Å². The summed E-state index contributed by atoms with van der Waals surface area (Å²) in [5.41, 5.74) is 3.54. The standard InChI is InChI=1S/C21H21ClN2O3/c1-13-3-4-14(2)19-18(13)11-16(20(26)23-19)12-24(9-10-25)21(27)15-5-7-17(22)8-6-15/h3-8,11,25H,9-10,12H2,1-2H3,(H,23,26). The van der Waals surface area contributed by atoms with Crippen molar-refractivity contribution >= 4 is 28.4 Å². The number of carbonyl (C=O) groups is 1. The van der Waals surface area contributed by atoms with Crippen molar-refractivity contribution in [3.63, 3.8) is 0 Å². The lowest BCUT2D eigenvalue weighted by Gasteiger charge is -2.22. The first kappa shape index (κ1) is 19.1. The number of amides is 1. The second kappa shape index (κ2) is 7.94. The molecule has 0 fully saturated rings. The van der Waals surface area contributed by atoms with Crippen LogP contribution in [0.5, 0.6) is 0 Å². The third-order valence-electron chi connectivity index (χ3n) is 4.63. The zero-order valence-corrected chi connectivity index (χ0v) is 16.0. The summed E-state index contributed by atoms with van der Waals surface area (Å²) in [6, 6.07) is 12.3. The van der Waals surface area contributed by atoms with Gasteiger partial charge in [0.1, 0.15) is 0 Å². The van der Waals surface area contributed by atoms with Gasteiger partial charge in [0.25, 0.3) is 11.5 Å². The van der Waals surface area contributed by atoms with E-state index < -0.39 is 0 Å². The molecule has 0 saturated carbocycles. The average Bonchev–Trinajstić information content (AvgIpc) is 2.65. The van der Waals surface area contributed by atoms with E-state index in [0.717, 1.165) is 22.0 Å². The molecule has 1 amide bonds. The van der Waals surface area contributed by atoms with Gasteiger partial charge in [0.15, 0.2) is 0 Å². The van der Waals surface area contributed by atoms with Gasteiger partial charge in [-0.3, -0.25) is 9.59 Å². The van der Waals surface area contributed by atoms with Gasteiger partial charge < -0.3 is 15.0 Å². The zero-order valence-electron chi connectivity index (χ0n) is 15.3. The van der Waals surface area contributed by atoms with Crippen LogP contribution in [0, 0.1) is 13.8 Å². The number of rotatable bonds is 5. The van der Waals surface area contributed by atoms with Crippen molar-refractivity contribution in [3.8, 4) is 0 Å². The molecule has 2 N–H and O–H groups in total. The Labute approximate surface area is 162 Å². The molecule has 3 rings (SSSR count). The average molecular weight is 385 g/mol. The van der Waals surface area contributed by atoms with Gasteiger partial charge >= 0.3 is 0 Å². The minimum absolute atomic E-state index is 0.112. The highest BCUT2D eigenvalue weighted by atomic mass is 35.5. The molecule has 0 spiro atoms. The van der Waals surface area contributed by atoms with Crippen molar-refractivity contribution in [1.29, 1.82) is 0 Å². The fourth-order valence-electron chi connectivity index (χ4n) is 3.09. The maximum absolute atomic E-state index is 12.8. The molecule has 0 bridgehead atoms. The Bertz CT molecular complexity index is 1040. The lowest BCUT2D eigenvalue weighted by Crippen LogP contribution is -2.35. The third-order valence-corrected chi connectivity index (χ3v) is 4.88. The van der Waals surface area contributed by atoms with Gasteiger partial charge in [-0.05, 0) is 55.3 Å². The summed E-state index contributed by atoms with van der Waals surface area (Å²) in [6.07, 6.45) is 0. The van der Waals surface area contributed by atoms with Crippen molar-refractivity contribution in [2.75, 3.05) is 13.2 Å². The highest BCUT2D eigenvalue weighted by Gasteiger charge is 2.18. The van der Waals surface area contributed by atoms with E-state index >= 15 is 0 Å². The molecule has 5 nitrogen and oxygen atoms in total. The molecular formula is C21H21ClN2O3. The van der Waals surface area contributed by atoms with E-state index in [-0.39, 0.29) is 31.2 Å². The zero-order chi connectivity index (χ0) is 19.6. The third kappa shape index (κ3) is 4.04. The number of fused-ring (bicyclic) bond motifs is 1. The van der Waals surface area contributed by atoms with Crippen molar-refractivity contribution in [2.24, 2.45) is 0 Å². The van der Waals surface area contributed by atoms with Crippen LogP contribution in [0.15, 0.2) is 47.3 Å². The predicted octanol–water partition coefficient (Wildman–Crippen LogP) is 3.43. The molecule has 0 aliphatic heterocycles. The number of aryl methyl sites for hydroxylation is 2. The summed E-state index contributed by atoms with van der Waals surface area (Å²) >= 11 is 5.88. The molecule has 0 radical (unpaired) electrons. The van der Waals surface area contributed by atoms with Gasteiger partial charge in [0, 0.05) is 28.1 Å². The van der Waals surface area contributed by atoms with Crippen LogP contribution < -0.4 is 5.56 Å². The molecular weight excluding hydrogens is 364 g/mol. The summed E-state index contributed by atoms with van der Waals surface area (Å²) < 4.78 is 0. The molecule has 140 valence electrons. The molecule has 2 aromatic carbocycles. The van der Waals surface area contributed by atoms with E-state index in [1.165, 1.54) is 4.90 Å². The first-order valence-electron chi connectivity index (χ1n) is 8.68. The number of halogens is 1. The van der Waals surface area contributed by atoms with Crippen LogP contribution in [0.4, 0.5) is 0 Å². The Morgan fingerprint density at radius 2 is 1.78 bits per heavy atom. The molecule has 0 atom stereocenters. The monoisotopic (exact) mass is 384 g/mol. The van der Waals surface area contributed by atoms with Gasteiger partial charge in [-0.25, -0.2) is 0 Å². The minimum atomic E-state index is -0.263. The number of pyridine rings is 1. The van der Waals surface area contributed by atoms with Crippen molar-refractivity contribution in [1.82, 2.24) is 9.88 Å². The van der Waals surface area contributed by atoms with Crippen molar-refractivity contribution < 1.29 is 9.90 Å². The Morgan fingerprint density at radius 1 is 1.11 bits per heavy atom. The molecule has 0 aliphatic carbocycles. The predicted molar refractivity (Wildman–Crippen MR) is 107 cm³/mol. The minimum Gasteiger partial charge on any atom is -0.395 e. The first-order valence-corrected chi connectivity index (χ1v) is 9.06. The van der Waals surface area contributed by atoms with Crippen LogP contribution in [0.1, 0.15) is 27.0 Å². The maximum atomic E-state index is 12.8. The normalized spacial score (nSPS) is 11.0. The number of nitrogens with zero attached hydrogens (tertiary/aromatic N) is 1. The van der Waals surface area contributed by atoms with E-state index in [1.807, 2.05) is 32.0 Å². The number of hydrogen-bond donors (Lipinski definition) is 2. The summed E-state index contributed by atoms with van der Waals surface area (Å²) in [4.78, 5) is 29.8. The number of nitrogens with one attached hydrogen (secondary N) is 1. The van der Waals surface area contributed by atoms with E-state index in [2.05, 4.69) is 4.98 Å². The quantitative estimate of drug-likeness (QED) is 0.707. The van der Waals surface area contributed by atoms with Gasteiger partial charge in [-0.1, -0.05) is 23.7 Å². The van der Waals surface area contributed by atoms with Gasteiger partial charge in [-0.15, -0.1) is 0 Å². The number of aliphatic hydroxyl groups is 1. The molecule has 0 aliphatic rings. The van der Waals surface area contributed by atoms with Gasteiger partial charge in [0.05, 0.1) is 18.7 Å². The Kier molecular flexibility index (Phi) is 5.63. The summed E-state index contributed by atoms with van der Waals surface area (Å²) in [5, 5.41) is 10.9. The smallest absolute Gasteiger partial charge is 0.254 e. The van der Waals surface area contributed by atoms with Gasteiger partial charge in [-0.2, -0.15) is 0 Å². The maximum Gasteiger partial charge on any atom is 0.254 e. The summed E-state index contributed by atoms with van der Waals surface area (Å²) in [6.45, 7) is 3.98. The van der Waals surface area contributed by atoms with Crippen LogP contribution in [-0.2, 0) is 6.54 Å². The van der Waals surface area contributed by atoms with Crippen LogP contribution in [-0.4, -0.2) is 34.0 Å². The molecule has 27 heavy (non-hydrogen) atoms. The first-order chi connectivity index (χ1) is 12.9. The number of aliphatic hydroxyl groups excluding tert-OH is 1. The highest BCUT2D eigenvalue weighted by molar-refractivity contribution is 6.30. The number of aromatic nitrogens is 1. The summed E-state index contributed by atoms with van der Waals surface area (Å²) in [7, 11) is 0. The number of aromatic amines is 1. The molecule has 1 heterocycles. The number of hydrogen-bond acceptors (Lipinski definition) is 3. The number of carbonyl (C=O) groups excluding carboxylic acids is 1. The van der Waals surface area contributed by atoms with E-state index in [9.17, 15) is 14.7 Å². The molecule has 0 unspecified atom stereocenters. The van der Waals surface area contributed by atoms with Crippen LogP contribution >= 0.6 is 11.6 Å². The van der Waals surface area contributed by atoms with E-state index in [0.29, 0.717) is 16.1 Å². The Balaban J connectivity index is 1.98. The molecule has 0 saturated heterocycles. The second-order valence-corrected chi connectivity index (χ2v) is 7.01. The molecule has 1 aromatic heterocycles. The topological polar surface area (TPSA) is 73.4 Å². The van der Waals surface area contributed by atoms with E-state index in [1.54, 1.807) is 24.3 Å². The molecule has 6 heteroatoms. The lowest BCUT2D eigenvalue weighted by atomic mass is 10.0. The molecule has 3 aromatic rings. The van der Waals surface area contributed by atoms with Gasteiger partial charge in [0.2, 0.25) is 0 Å². The number of benzene rings is 2.